The second kappa shape index (κ2) is 7.55. The SMILES string of the molecule is O=C(Nc1ccc(F)c(Cl)c1)c1ccn(COc2ccccc2Cl)n1. The Kier molecular flexibility index (Phi) is 5.21. The molecule has 0 fully saturated rings. The molecule has 1 aromatic heterocycles. The molecule has 0 aliphatic heterocycles. The summed E-state index contributed by atoms with van der Waals surface area (Å²) >= 11 is 11.7. The zero-order valence-corrected chi connectivity index (χ0v) is 14.3. The summed E-state index contributed by atoms with van der Waals surface area (Å²) in [6, 6.07) is 12.5. The summed E-state index contributed by atoms with van der Waals surface area (Å²) in [6.07, 6.45) is 1.60. The van der Waals surface area contributed by atoms with E-state index in [1.807, 2.05) is 0 Å². The number of halogens is 3. The number of anilines is 1. The molecule has 0 bridgehead atoms. The molecule has 0 atom stereocenters. The summed E-state index contributed by atoms with van der Waals surface area (Å²) in [5, 5.41) is 7.13. The van der Waals surface area contributed by atoms with Gasteiger partial charge in [0.25, 0.3) is 5.91 Å². The van der Waals surface area contributed by atoms with E-state index in [1.165, 1.54) is 28.9 Å². The molecule has 1 amide bonds. The predicted molar refractivity (Wildman–Crippen MR) is 93.7 cm³/mol. The minimum atomic E-state index is -0.555. The maximum atomic E-state index is 13.1. The van der Waals surface area contributed by atoms with Gasteiger partial charge in [0, 0.05) is 11.9 Å². The molecule has 0 aliphatic carbocycles. The van der Waals surface area contributed by atoms with E-state index in [0.29, 0.717) is 16.5 Å². The maximum Gasteiger partial charge on any atom is 0.276 e. The summed E-state index contributed by atoms with van der Waals surface area (Å²) < 4.78 is 20.1. The van der Waals surface area contributed by atoms with Crippen LogP contribution in [0.2, 0.25) is 10.0 Å². The molecule has 128 valence electrons. The van der Waals surface area contributed by atoms with Crippen molar-refractivity contribution in [1.82, 2.24) is 9.78 Å². The number of benzene rings is 2. The van der Waals surface area contributed by atoms with Gasteiger partial charge in [-0.05, 0) is 36.4 Å². The van der Waals surface area contributed by atoms with E-state index in [2.05, 4.69) is 10.4 Å². The van der Waals surface area contributed by atoms with Gasteiger partial charge in [-0.25, -0.2) is 9.07 Å². The fourth-order valence-electron chi connectivity index (χ4n) is 2.02. The third kappa shape index (κ3) is 4.29. The lowest BCUT2D eigenvalue weighted by molar-refractivity contribution is 0.102. The molecule has 0 spiro atoms. The minimum Gasteiger partial charge on any atom is -0.470 e. The fourth-order valence-corrected chi connectivity index (χ4v) is 2.39. The van der Waals surface area contributed by atoms with Crippen LogP contribution in [-0.4, -0.2) is 15.7 Å². The topological polar surface area (TPSA) is 56.2 Å². The average Bonchev–Trinajstić information content (AvgIpc) is 3.07. The molecule has 3 rings (SSSR count). The number of hydrogen-bond donors (Lipinski definition) is 1. The Hall–Kier alpha value is -2.57. The van der Waals surface area contributed by atoms with Crippen LogP contribution in [0.1, 0.15) is 10.5 Å². The number of aromatic nitrogens is 2. The molecular weight excluding hydrogens is 368 g/mol. The third-order valence-corrected chi connectivity index (χ3v) is 3.84. The number of amides is 1. The number of carbonyl (C=O) groups excluding carboxylic acids is 1. The highest BCUT2D eigenvalue weighted by molar-refractivity contribution is 6.32. The van der Waals surface area contributed by atoms with Crippen molar-refractivity contribution in [3.05, 3.63) is 76.3 Å². The zero-order valence-electron chi connectivity index (χ0n) is 12.7. The van der Waals surface area contributed by atoms with Gasteiger partial charge in [0.15, 0.2) is 12.4 Å². The Bertz CT molecular complexity index is 914. The molecule has 1 heterocycles. The van der Waals surface area contributed by atoms with Gasteiger partial charge < -0.3 is 10.1 Å². The van der Waals surface area contributed by atoms with Crippen molar-refractivity contribution in [2.75, 3.05) is 5.32 Å². The van der Waals surface area contributed by atoms with E-state index >= 15 is 0 Å². The molecule has 5 nitrogen and oxygen atoms in total. The Morgan fingerprint density at radius 3 is 2.72 bits per heavy atom. The molecule has 3 aromatic rings. The molecule has 0 radical (unpaired) electrons. The van der Waals surface area contributed by atoms with E-state index in [0.717, 1.165) is 0 Å². The number of rotatable bonds is 5. The van der Waals surface area contributed by atoms with E-state index in [9.17, 15) is 9.18 Å². The molecule has 8 heteroatoms. The van der Waals surface area contributed by atoms with Crippen molar-refractivity contribution in [3.63, 3.8) is 0 Å². The molecule has 1 N–H and O–H groups in total. The first kappa shape index (κ1) is 17.3. The highest BCUT2D eigenvalue weighted by atomic mass is 35.5. The highest BCUT2D eigenvalue weighted by Gasteiger charge is 2.11. The van der Waals surface area contributed by atoms with Crippen LogP contribution in [0, 0.1) is 5.82 Å². The van der Waals surface area contributed by atoms with Crippen LogP contribution in [-0.2, 0) is 6.73 Å². The van der Waals surface area contributed by atoms with Gasteiger partial charge in [-0.15, -0.1) is 0 Å². The van der Waals surface area contributed by atoms with E-state index in [-0.39, 0.29) is 17.4 Å². The Morgan fingerprint density at radius 2 is 1.96 bits per heavy atom. The van der Waals surface area contributed by atoms with E-state index in [4.69, 9.17) is 27.9 Å². The summed E-state index contributed by atoms with van der Waals surface area (Å²) in [5.74, 6) is -0.480. The van der Waals surface area contributed by atoms with Gasteiger partial charge in [0.05, 0.1) is 10.0 Å². The first-order valence-electron chi connectivity index (χ1n) is 7.20. The van der Waals surface area contributed by atoms with Crippen LogP contribution in [0.15, 0.2) is 54.7 Å². The summed E-state index contributed by atoms with van der Waals surface area (Å²) in [4.78, 5) is 12.2. The first-order chi connectivity index (χ1) is 12.0. The first-order valence-corrected chi connectivity index (χ1v) is 7.96. The molecule has 0 aliphatic rings. The summed E-state index contributed by atoms with van der Waals surface area (Å²) in [6.45, 7) is 0.0966. The summed E-state index contributed by atoms with van der Waals surface area (Å²) in [5.41, 5.74) is 0.557. The van der Waals surface area contributed by atoms with Crippen molar-refractivity contribution in [2.45, 2.75) is 6.73 Å². The quantitative estimate of drug-likeness (QED) is 0.703. The van der Waals surface area contributed by atoms with Gasteiger partial charge in [-0.2, -0.15) is 5.10 Å². The Morgan fingerprint density at radius 1 is 1.16 bits per heavy atom. The van der Waals surface area contributed by atoms with Gasteiger partial charge in [-0.1, -0.05) is 35.3 Å². The van der Waals surface area contributed by atoms with Crippen molar-refractivity contribution < 1.29 is 13.9 Å². The second-order valence-corrected chi connectivity index (χ2v) is 5.84. The monoisotopic (exact) mass is 379 g/mol. The van der Waals surface area contributed by atoms with E-state index < -0.39 is 11.7 Å². The van der Waals surface area contributed by atoms with Gasteiger partial charge in [-0.3, -0.25) is 4.79 Å². The Balaban J connectivity index is 1.63. The second-order valence-electron chi connectivity index (χ2n) is 5.03. The number of para-hydroxylation sites is 1. The largest absolute Gasteiger partial charge is 0.470 e. The normalized spacial score (nSPS) is 10.5. The lowest BCUT2D eigenvalue weighted by Gasteiger charge is -2.07. The molecule has 2 aromatic carbocycles. The predicted octanol–water partition coefficient (Wildman–Crippen LogP) is 4.62. The number of nitrogens with zero attached hydrogens (tertiary/aromatic N) is 2. The number of carbonyl (C=O) groups is 1. The van der Waals surface area contributed by atoms with Crippen molar-refractivity contribution in [2.24, 2.45) is 0 Å². The minimum absolute atomic E-state index is 0.0727. The van der Waals surface area contributed by atoms with Gasteiger partial charge >= 0.3 is 0 Å². The zero-order chi connectivity index (χ0) is 17.8. The van der Waals surface area contributed by atoms with Crippen molar-refractivity contribution in [1.29, 1.82) is 0 Å². The molecule has 0 saturated carbocycles. The number of ether oxygens (including phenoxy) is 1. The lowest BCUT2D eigenvalue weighted by atomic mass is 10.3. The fraction of sp³-hybridized carbons (Fsp3) is 0.0588. The van der Waals surface area contributed by atoms with Crippen LogP contribution in [0.3, 0.4) is 0 Å². The number of nitrogens with one attached hydrogen (secondary N) is 1. The third-order valence-electron chi connectivity index (χ3n) is 3.24. The molecular formula is C17H12Cl2FN3O2. The molecule has 0 saturated heterocycles. The van der Waals surface area contributed by atoms with E-state index in [1.54, 1.807) is 30.5 Å². The smallest absolute Gasteiger partial charge is 0.276 e. The van der Waals surface area contributed by atoms with Crippen LogP contribution < -0.4 is 10.1 Å². The van der Waals surface area contributed by atoms with Crippen molar-refractivity contribution in [3.8, 4) is 5.75 Å². The Labute approximate surface area is 152 Å². The lowest BCUT2D eigenvalue weighted by Crippen LogP contribution is -2.14. The van der Waals surface area contributed by atoms with Crippen LogP contribution >= 0.6 is 23.2 Å². The molecule has 25 heavy (non-hydrogen) atoms. The standard InChI is InChI=1S/C17H12Cl2FN3O2/c18-12-3-1-2-4-16(12)25-10-23-8-7-15(22-23)17(24)21-11-5-6-14(20)13(19)9-11/h1-9H,10H2,(H,21,24). The molecule has 0 unspecified atom stereocenters. The highest BCUT2D eigenvalue weighted by Crippen LogP contribution is 2.23. The van der Waals surface area contributed by atoms with Crippen molar-refractivity contribution >= 4 is 34.8 Å². The van der Waals surface area contributed by atoms with Crippen LogP contribution in [0.25, 0.3) is 0 Å². The van der Waals surface area contributed by atoms with Gasteiger partial charge in [0.1, 0.15) is 11.6 Å². The average molecular weight is 380 g/mol. The van der Waals surface area contributed by atoms with Crippen LogP contribution in [0.5, 0.6) is 5.75 Å². The maximum absolute atomic E-state index is 13.1. The van der Waals surface area contributed by atoms with Crippen LogP contribution in [0.4, 0.5) is 10.1 Å². The summed E-state index contributed by atoms with van der Waals surface area (Å²) in [7, 11) is 0. The number of hydrogen-bond acceptors (Lipinski definition) is 3. The van der Waals surface area contributed by atoms with Gasteiger partial charge in [0.2, 0.25) is 0 Å².